The first-order valence-electron chi connectivity index (χ1n) is 19.2. The molecule has 17 heteroatoms. The van der Waals surface area contributed by atoms with E-state index in [2.05, 4.69) is 20.9 Å². The number of benzene rings is 2. The zero-order valence-corrected chi connectivity index (χ0v) is 32.1. The normalized spacial score (nSPS) is 18.8. The summed E-state index contributed by atoms with van der Waals surface area (Å²) in [5.74, 6) is -5.26. The molecule has 3 aromatic rings. The molecule has 1 aromatic heterocycles. The number of likely N-dealkylation sites (tertiary alicyclic amines) is 2. The quantitative estimate of drug-likeness (QED) is 0.0935. The summed E-state index contributed by atoms with van der Waals surface area (Å²) in [5, 5.41) is 28.1. The number of aromatic nitrogens is 1. The molecule has 2 aliphatic rings. The lowest BCUT2D eigenvalue weighted by molar-refractivity contribution is -0.148. The number of carboxylic acids is 1. The Kier molecular flexibility index (Phi) is 13.9. The molecule has 0 spiro atoms. The Morgan fingerprint density at radius 2 is 1.47 bits per heavy atom. The molecule has 3 heterocycles. The number of aliphatic carboxylic acids is 1. The van der Waals surface area contributed by atoms with E-state index in [1.165, 1.54) is 21.9 Å². The lowest BCUT2D eigenvalue weighted by Gasteiger charge is -2.34. The van der Waals surface area contributed by atoms with Crippen molar-refractivity contribution in [1.82, 2.24) is 30.7 Å². The molecule has 6 atom stereocenters. The van der Waals surface area contributed by atoms with Gasteiger partial charge in [0.05, 0.1) is 12.5 Å². The van der Waals surface area contributed by atoms with Crippen molar-refractivity contribution in [2.24, 2.45) is 17.4 Å². The molecule has 0 unspecified atom stereocenters. The third-order valence-electron chi connectivity index (χ3n) is 10.5. The maximum atomic E-state index is 14.1. The third kappa shape index (κ3) is 10.7. The third-order valence-corrected chi connectivity index (χ3v) is 10.5. The SMILES string of the molecule is CC(C)C[C@H](NC(=O)[C@@H](N)Cc1ccc(O)cc1)C(=O)N1CCC[C@H]1C(=O)N1CCC[C@H]1C(=O)N[C@@H](CC(N)=O)C(=O)N[C@@H](Cc1c[nH]c2ccccc12)C(=O)O. The van der Waals surface area contributed by atoms with Gasteiger partial charge in [-0.25, -0.2) is 4.79 Å². The molecule has 0 aliphatic carbocycles. The van der Waals surface area contributed by atoms with Crippen LogP contribution in [0, 0.1) is 5.92 Å². The van der Waals surface area contributed by atoms with Gasteiger partial charge in [-0.2, -0.15) is 0 Å². The summed E-state index contributed by atoms with van der Waals surface area (Å²) in [5.41, 5.74) is 13.8. The highest BCUT2D eigenvalue weighted by molar-refractivity contribution is 5.98. The fraction of sp³-hybridized carbons (Fsp3) is 0.475. The predicted octanol–water partition coefficient (Wildman–Crippen LogP) is 0.429. The Hall–Kier alpha value is -5.97. The molecular formula is C40H52N8O9. The molecule has 0 bridgehead atoms. The molecule has 2 fully saturated rings. The van der Waals surface area contributed by atoms with Crippen LogP contribution in [0.5, 0.6) is 5.75 Å². The van der Waals surface area contributed by atoms with Crippen LogP contribution in [0.25, 0.3) is 10.9 Å². The number of amides is 6. The summed E-state index contributed by atoms with van der Waals surface area (Å²) in [6, 6.07) is 6.73. The summed E-state index contributed by atoms with van der Waals surface area (Å²) in [6.07, 6.45) is 2.94. The van der Waals surface area contributed by atoms with Gasteiger partial charge in [0.2, 0.25) is 35.4 Å². The average Bonchev–Trinajstić information content (AvgIpc) is 3.95. The smallest absolute Gasteiger partial charge is 0.326 e. The van der Waals surface area contributed by atoms with Gasteiger partial charge in [-0.3, -0.25) is 28.8 Å². The van der Waals surface area contributed by atoms with Crippen molar-refractivity contribution in [2.75, 3.05) is 13.1 Å². The van der Waals surface area contributed by atoms with Crippen LogP contribution < -0.4 is 27.4 Å². The fourth-order valence-electron chi connectivity index (χ4n) is 7.60. The standard InChI is InChI=1S/C40H52N8O9/c1-22(2)17-30(45-35(51)27(41)18-23-11-13-25(49)14-12-23)38(54)48-16-6-10-33(48)39(55)47-15-5-9-32(47)37(53)44-29(20-34(42)50)36(52)46-31(40(56)57)19-24-21-43-28-8-4-3-7-26(24)28/h3-4,7-8,11-14,21-22,27,29-33,43,49H,5-6,9-10,15-20,41H2,1-2H3,(H2,42,50)(H,44,53)(H,45,51)(H,46,52)(H,56,57)/t27-,29-,30-,31-,32-,33-/m0/s1. The number of nitrogens with zero attached hydrogens (tertiary/aromatic N) is 2. The van der Waals surface area contributed by atoms with Gasteiger partial charge in [-0.05, 0) is 73.8 Å². The highest BCUT2D eigenvalue weighted by atomic mass is 16.4. The Morgan fingerprint density at radius 1 is 0.825 bits per heavy atom. The number of primary amides is 1. The van der Waals surface area contributed by atoms with Gasteiger partial charge < -0.3 is 52.4 Å². The van der Waals surface area contributed by atoms with E-state index in [1.807, 2.05) is 32.0 Å². The van der Waals surface area contributed by atoms with Crippen LogP contribution in [0.2, 0.25) is 0 Å². The summed E-state index contributed by atoms with van der Waals surface area (Å²) in [4.78, 5) is 98.8. The van der Waals surface area contributed by atoms with Crippen LogP contribution in [0.3, 0.4) is 0 Å². The van der Waals surface area contributed by atoms with Crippen LogP contribution in [0.15, 0.2) is 54.7 Å². The molecule has 10 N–H and O–H groups in total. The molecule has 6 amide bonds. The van der Waals surface area contributed by atoms with Crippen LogP contribution in [-0.2, 0) is 46.4 Å². The van der Waals surface area contributed by atoms with Crippen molar-refractivity contribution in [1.29, 1.82) is 0 Å². The van der Waals surface area contributed by atoms with Crippen LogP contribution in [0.1, 0.15) is 63.5 Å². The van der Waals surface area contributed by atoms with Crippen molar-refractivity contribution in [3.8, 4) is 5.75 Å². The highest BCUT2D eigenvalue weighted by Crippen LogP contribution is 2.27. The number of para-hydroxylation sites is 1. The first kappa shape index (κ1) is 42.2. The monoisotopic (exact) mass is 788 g/mol. The highest BCUT2D eigenvalue weighted by Gasteiger charge is 2.44. The number of carboxylic acid groups (broad SMARTS) is 1. The minimum atomic E-state index is -1.53. The van der Waals surface area contributed by atoms with E-state index < -0.39 is 84.1 Å². The van der Waals surface area contributed by atoms with E-state index in [1.54, 1.807) is 24.4 Å². The first-order chi connectivity index (χ1) is 27.1. The number of phenolic OH excluding ortho intramolecular Hbond substituents is 1. The van der Waals surface area contributed by atoms with E-state index in [4.69, 9.17) is 11.5 Å². The Morgan fingerprint density at radius 3 is 2.14 bits per heavy atom. The molecular weight excluding hydrogens is 736 g/mol. The summed E-state index contributed by atoms with van der Waals surface area (Å²) in [7, 11) is 0. The minimum absolute atomic E-state index is 0.000774. The zero-order valence-electron chi connectivity index (χ0n) is 32.1. The zero-order chi connectivity index (χ0) is 41.4. The predicted molar refractivity (Wildman–Crippen MR) is 208 cm³/mol. The number of carbonyl (C=O) groups is 7. The van der Waals surface area contributed by atoms with Gasteiger partial charge in [0.15, 0.2) is 0 Å². The number of fused-ring (bicyclic) bond motifs is 1. The van der Waals surface area contributed by atoms with Crippen molar-refractivity contribution in [3.63, 3.8) is 0 Å². The van der Waals surface area contributed by atoms with Gasteiger partial charge >= 0.3 is 5.97 Å². The van der Waals surface area contributed by atoms with E-state index in [0.29, 0.717) is 24.8 Å². The Balaban J connectivity index is 1.24. The molecule has 5 rings (SSSR count). The number of H-pyrrole nitrogens is 1. The number of hydrogen-bond donors (Lipinski definition) is 8. The molecule has 0 radical (unpaired) electrons. The number of nitrogens with two attached hydrogens (primary N) is 2. The molecule has 2 aliphatic heterocycles. The van der Waals surface area contributed by atoms with Gasteiger partial charge in [0.25, 0.3) is 0 Å². The van der Waals surface area contributed by atoms with Gasteiger partial charge in [0, 0.05) is 36.6 Å². The van der Waals surface area contributed by atoms with Gasteiger partial charge in [0.1, 0.15) is 36.0 Å². The van der Waals surface area contributed by atoms with Gasteiger partial charge in [-0.1, -0.05) is 44.2 Å². The fourth-order valence-corrected chi connectivity index (χ4v) is 7.60. The average molecular weight is 789 g/mol. The number of phenols is 1. The lowest BCUT2D eigenvalue weighted by Crippen LogP contribution is -2.59. The van der Waals surface area contributed by atoms with E-state index in [-0.39, 0.29) is 50.4 Å². The largest absolute Gasteiger partial charge is 0.508 e. The van der Waals surface area contributed by atoms with Crippen LogP contribution in [-0.4, -0.2) is 116 Å². The lowest BCUT2D eigenvalue weighted by atomic mass is 10.0. The molecule has 0 saturated carbocycles. The number of nitrogens with one attached hydrogen (secondary N) is 4. The number of rotatable bonds is 17. The molecule has 17 nitrogen and oxygen atoms in total. The van der Waals surface area contributed by atoms with Gasteiger partial charge in [-0.15, -0.1) is 0 Å². The molecule has 306 valence electrons. The van der Waals surface area contributed by atoms with Crippen LogP contribution in [0.4, 0.5) is 0 Å². The van der Waals surface area contributed by atoms with Crippen molar-refractivity contribution in [2.45, 2.75) is 101 Å². The number of carbonyl (C=O) groups excluding carboxylic acids is 6. The Bertz CT molecular complexity index is 1960. The second-order valence-electron chi connectivity index (χ2n) is 15.2. The Labute approximate surface area is 329 Å². The summed E-state index contributed by atoms with van der Waals surface area (Å²) >= 11 is 0. The van der Waals surface area contributed by atoms with E-state index in [0.717, 1.165) is 16.5 Å². The molecule has 57 heavy (non-hydrogen) atoms. The second kappa shape index (κ2) is 18.8. The second-order valence-corrected chi connectivity index (χ2v) is 15.2. The van der Waals surface area contributed by atoms with E-state index >= 15 is 0 Å². The topological polar surface area (TPSA) is 270 Å². The number of aromatic hydroxyl groups is 1. The maximum Gasteiger partial charge on any atom is 0.326 e. The van der Waals surface area contributed by atoms with Crippen molar-refractivity contribution in [3.05, 3.63) is 65.9 Å². The molecule has 2 saturated heterocycles. The van der Waals surface area contributed by atoms with Crippen molar-refractivity contribution >= 4 is 52.3 Å². The number of aromatic amines is 1. The number of hydrogen-bond acceptors (Lipinski definition) is 9. The van der Waals surface area contributed by atoms with Crippen molar-refractivity contribution < 1.29 is 43.8 Å². The molecule has 2 aromatic carbocycles. The minimum Gasteiger partial charge on any atom is -0.508 e. The summed E-state index contributed by atoms with van der Waals surface area (Å²) < 4.78 is 0. The first-order valence-corrected chi connectivity index (χ1v) is 19.2. The summed E-state index contributed by atoms with van der Waals surface area (Å²) in [6.45, 7) is 4.26. The maximum absolute atomic E-state index is 14.1. The van der Waals surface area contributed by atoms with Crippen LogP contribution >= 0.6 is 0 Å². The van der Waals surface area contributed by atoms with E-state index in [9.17, 15) is 43.8 Å².